The summed E-state index contributed by atoms with van der Waals surface area (Å²) < 4.78 is 0. The van der Waals surface area contributed by atoms with Gasteiger partial charge in [0.25, 0.3) is 0 Å². The van der Waals surface area contributed by atoms with Gasteiger partial charge in [-0.1, -0.05) is 22.5 Å². The summed E-state index contributed by atoms with van der Waals surface area (Å²) in [5, 5.41) is 18.1. The van der Waals surface area contributed by atoms with Gasteiger partial charge in [0.05, 0.1) is 0 Å². The molecule has 0 saturated carbocycles. The normalized spacial score (nSPS) is 12.4. The van der Waals surface area contributed by atoms with E-state index in [1.165, 1.54) is 0 Å². The van der Waals surface area contributed by atoms with Crippen molar-refractivity contribution in [3.8, 4) is 5.75 Å². The maximum absolute atomic E-state index is 10.7. The van der Waals surface area contributed by atoms with Crippen LogP contribution >= 0.6 is 11.6 Å². The molecule has 4 N–H and O–H groups in total. The summed E-state index contributed by atoms with van der Waals surface area (Å²) in [5.41, 5.74) is 4.62. The second-order valence-corrected chi connectivity index (χ2v) is 3.51. The van der Waals surface area contributed by atoms with Crippen LogP contribution in [-0.4, -0.2) is 39.7 Å². The van der Waals surface area contributed by atoms with Crippen molar-refractivity contribution in [3.63, 3.8) is 0 Å². The van der Waals surface area contributed by atoms with Crippen molar-refractivity contribution in [2.45, 2.75) is 6.04 Å². The van der Waals surface area contributed by atoms with Crippen molar-refractivity contribution in [2.24, 2.45) is 5.73 Å². The number of aromatic hydroxyl groups is 1. The molecular formula is C8H5B3ClNO3. The van der Waals surface area contributed by atoms with Gasteiger partial charge in [-0.2, -0.15) is 0 Å². The molecule has 0 aliphatic rings. The Morgan fingerprint density at radius 2 is 1.75 bits per heavy atom. The van der Waals surface area contributed by atoms with Gasteiger partial charge in [-0.25, -0.2) is 0 Å². The first-order valence-electron chi connectivity index (χ1n) is 4.12. The van der Waals surface area contributed by atoms with Crippen LogP contribution in [0.2, 0.25) is 5.02 Å². The van der Waals surface area contributed by atoms with E-state index >= 15 is 0 Å². The molecule has 0 saturated heterocycles. The number of rotatable bonds is 2. The Morgan fingerprint density at radius 3 is 2.19 bits per heavy atom. The van der Waals surface area contributed by atoms with Gasteiger partial charge < -0.3 is 15.9 Å². The first-order chi connectivity index (χ1) is 7.29. The predicted molar refractivity (Wildman–Crippen MR) is 63.8 cm³/mol. The summed E-state index contributed by atoms with van der Waals surface area (Å²) >= 11 is 5.75. The van der Waals surface area contributed by atoms with Crippen LogP contribution in [0.1, 0.15) is 11.6 Å². The Morgan fingerprint density at radius 1 is 1.25 bits per heavy atom. The van der Waals surface area contributed by atoms with Gasteiger partial charge in [0.1, 0.15) is 35.3 Å². The number of nitrogens with two attached hydrogens (primary N) is 1. The van der Waals surface area contributed by atoms with E-state index in [1.807, 2.05) is 0 Å². The number of phenols is 1. The average Bonchev–Trinajstić information content (AvgIpc) is 2.23. The van der Waals surface area contributed by atoms with Gasteiger partial charge in [0, 0.05) is 10.6 Å². The zero-order valence-electron chi connectivity index (χ0n) is 8.07. The smallest absolute Gasteiger partial charge is 0.325 e. The standard InChI is InChI=1S/C8H5B3ClNO3/c9-2-3(10)5(12)1(6(13)8(15)16)7(14)4(2)11/h6,14H,13H2,(H,15,16). The van der Waals surface area contributed by atoms with E-state index < -0.39 is 17.8 Å². The number of carbonyl (C=O) groups is 1. The lowest BCUT2D eigenvalue weighted by Gasteiger charge is -2.19. The van der Waals surface area contributed by atoms with Crippen molar-refractivity contribution in [3.05, 3.63) is 10.6 Å². The van der Waals surface area contributed by atoms with Crippen LogP contribution < -0.4 is 22.1 Å². The van der Waals surface area contributed by atoms with Crippen LogP contribution in [-0.2, 0) is 4.79 Å². The molecule has 1 aromatic carbocycles. The molecule has 16 heavy (non-hydrogen) atoms. The minimum absolute atomic E-state index is 0.108. The number of benzene rings is 1. The molecule has 0 fully saturated rings. The van der Waals surface area contributed by atoms with E-state index in [-0.39, 0.29) is 27.0 Å². The molecule has 1 rings (SSSR count). The number of phenolic OH excluding ortho intramolecular Hbond substituents is 1. The number of halogens is 1. The van der Waals surface area contributed by atoms with E-state index in [1.54, 1.807) is 0 Å². The monoisotopic (exact) mass is 231 g/mol. The summed E-state index contributed by atoms with van der Waals surface area (Å²) in [6, 6.07) is -1.53. The Hall–Kier alpha value is -1.07. The summed E-state index contributed by atoms with van der Waals surface area (Å²) in [4.78, 5) is 10.7. The highest BCUT2D eigenvalue weighted by atomic mass is 35.5. The summed E-state index contributed by atoms with van der Waals surface area (Å²) in [6.45, 7) is 0. The molecule has 1 unspecified atom stereocenters. The maximum Gasteiger partial charge on any atom is 0.325 e. The molecule has 1 atom stereocenters. The van der Waals surface area contributed by atoms with Crippen LogP contribution in [0.5, 0.6) is 5.75 Å². The van der Waals surface area contributed by atoms with Crippen LogP contribution in [0.15, 0.2) is 0 Å². The molecule has 0 aliphatic heterocycles. The zero-order chi connectivity index (χ0) is 12.6. The minimum atomic E-state index is -1.53. The number of carboxylic acid groups (broad SMARTS) is 1. The lowest BCUT2D eigenvalue weighted by molar-refractivity contribution is -0.138. The van der Waals surface area contributed by atoms with Gasteiger partial charge in [0.2, 0.25) is 0 Å². The molecule has 0 heterocycles. The third-order valence-corrected chi connectivity index (χ3v) is 2.55. The SMILES string of the molecule is [B]c1c([B])c(O)c(C(N)C(=O)O)c(Cl)c1[B]. The molecule has 76 valence electrons. The molecule has 8 heteroatoms. The third kappa shape index (κ3) is 1.93. The molecule has 6 radical (unpaired) electrons. The van der Waals surface area contributed by atoms with E-state index in [2.05, 4.69) is 0 Å². The molecule has 1 aromatic rings. The molecule has 0 spiro atoms. The molecule has 0 aromatic heterocycles. The van der Waals surface area contributed by atoms with E-state index in [9.17, 15) is 9.90 Å². The molecule has 0 bridgehead atoms. The summed E-state index contributed by atoms with van der Waals surface area (Å²) in [7, 11) is 16.4. The van der Waals surface area contributed by atoms with E-state index in [4.69, 9.17) is 46.0 Å². The maximum atomic E-state index is 10.7. The quantitative estimate of drug-likeness (QED) is 0.492. The van der Waals surface area contributed by atoms with Gasteiger partial charge in [-0.3, -0.25) is 4.79 Å². The highest BCUT2D eigenvalue weighted by Gasteiger charge is 2.24. The van der Waals surface area contributed by atoms with E-state index in [0.717, 1.165) is 0 Å². The fourth-order valence-electron chi connectivity index (χ4n) is 1.19. The number of hydrogen-bond donors (Lipinski definition) is 3. The van der Waals surface area contributed by atoms with Crippen LogP contribution in [0.4, 0.5) is 0 Å². The molecule has 4 nitrogen and oxygen atoms in total. The van der Waals surface area contributed by atoms with E-state index in [0.29, 0.717) is 0 Å². The first-order valence-corrected chi connectivity index (χ1v) is 4.49. The van der Waals surface area contributed by atoms with Gasteiger partial charge >= 0.3 is 5.97 Å². The van der Waals surface area contributed by atoms with Gasteiger partial charge in [-0.05, 0) is 0 Å². The van der Waals surface area contributed by atoms with Gasteiger partial charge in [0.15, 0.2) is 0 Å². The zero-order valence-corrected chi connectivity index (χ0v) is 8.82. The molecular weight excluding hydrogens is 226 g/mol. The van der Waals surface area contributed by atoms with Crippen molar-refractivity contribution in [2.75, 3.05) is 0 Å². The van der Waals surface area contributed by atoms with Crippen LogP contribution in [0.3, 0.4) is 0 Å². The molecule has 0 amide bonds. The number of hydrogen-bond acceptors (Lipinski definition) is 3. The largest absolute Gasteiger partial charge is 0.508 e. The Kier molecular flexibility index (Phi) is 3.60. The second-order valence-electron chi connectivity index (χ2n) is 3.13. The summed E-state index contributed by atoms with van der Waals surface area (Å²) in [5.74, 6) is -1.94. The second kappa shape index (κ2) is 4.43. The summed E-state index contributed by atoms with van der Waals surface area (Å²) in [6.07, 6.45) is 0. The Bertz CT molecular complexity index is 437. The Balaban J connectivity index is 3.57. The Labute approximate surface area is 101 Å². The first kappa shape index (κ1) is 13.0. The lowest BCUT2D eigenvalue weighted by Crippen LogP contribution is -2.41. The predicted octanol–water partition coefficient (Wildman–Crippen LogP) is -2.49. The van der Waals surface area contributed by atoms with Crippen molar-refractivity contribution in [1.29, 1.82) is 0 Å². The highest BCUT2D eigenvalue weighted by Crippen LogP contribution is 2.26. The van der Waals surface area contributed by atoms with Crippen molar-refractivity contribution >= 4 is 57.5 Å². The van der Waals surface area contributed by atoms with Crippen LogP contribution in [0, 0.1) is 0 Å². The van der Waals surface area contributed by atoms with Crippen LogP contribution in [0.25, 0.3) is 0 Å². The number of carboxylic acids is 1. The third-order valence-electron chi connectivity index (χ3n) is 2.14. The van der Waals surface area contributed by atoms with Crippen molar-refractivity contribution < 1.29 is 15.0 Å². The topological polar surface area (TPSA) is 83.5 Å². The molecule has 0 aliphatic carbocycles. The van der Waals surface area contributed by atoms with Gasteiger partial charge in [-0.15, -0.1) is 5.46 Å². The lowest BCUT2D eigenvalue weighted by atomic mass is 9.70. The van der Waals surface area contributed by atoms with Crippen molar-refractivity contribution in [1.82, 2.24) is 0 Å². The number of aliphatic carboxylic acids is 1. The fourth-order valence-corrected chi connectivity index (χ4v) is 1.50. The highest BCUT2D eigenvalue weighted by molar-refractivity contribution is 6.61. The fraction of sp³-hybridized carbons (Fsp3) is 0.125. The average molecular weight is 231 g/mol. The minimum Gasteiger partial charge on any atom is -0.508 e.